The molecule has 1 atom stereocenters. The first kappa shape index (κ1) is 17.0. The van der Waals surface area contributed by atoms with Gasteiger partial charge in [0.15, 0.2) is 9.84 Å². The van der Waals surface area contributed by atoms with Gasteiger partial charge in [-0.25, -0.2) is 13.2 Å². The third kappa shape index (κ3) is 4.17. The van der Waals surface area contributed by atoms with Gasteiger partial charge >= 0.3 is 6.03 Å². The van der Waals surface area contributed by atoms with Gasteiger partial charge in [0.1, 0.15) is 0 Å². The van der Waals surface area contributed by atoms with Crippen LogP contribution in [0.4, 0.5) is 4.79 Å². The first-order valence-electron chi connectivity index (χ1n) is 8.35. The van der Waals surface area contributed by atoms with Gasteiger partial charge in [-0.1, -0.05) is 36.4 Å². The Bertz CT molecular complexity index is 730. The number of carbonyl (C=O) groups is 1. The largest absolute Gasteiger partial charge is 0.334 e. The molecule has 3 rings (SSSR count). The molecule has 0 bridgehead atoms. The first-order chi connectivity index (χ1) is 11.4. The first-order valence-corrected chi connectivity index (χ1v) is 10.3. The number of nitrogens with one attached hydrogen (secondary N) is 1. The highest BCUT2D eigenvalue weighted by Gasteiger charge is 2.49. The van der Waals surface area contributed by atoms with Crippen LogP contribution in [0, 0.1) is 5.41 Å². The summed E-state index contributed by atoms with van der Waals surface area (Å²) in [7, 11) is -3.15. The van der Waals surface area contributed by atoms with E-state index >= 15 is 0 Å². The quantitative estimate of drug-likeness (QED) is 0.907. The number of urea groups is 1. The normalized spacial score (nSPS) is 22.7. The molecule has 2 fully saturated rings. The van der Waals surface area contributed by atoms with E-state index in [0.717, 1.165) is 31.1 Å². The van der Waals surface area contributed by atoms with E-state index in [1.807, 2.05) is 23.1 Å². The summed E-state index contributed by atoms with van der Waals surface area (Å²) < 4.78 is 22.2. The highest BCUT2D eigenvalue weighted by molar-refractivity contribution is 7.93. The van der Waals surface area contributed by atoms with E-state index in [0.29, 0.717) is 5.41 Å². The molecule has 0 aromatic heterocycles. The van der Waals surface area contributed by atoms with Crippen molar-refractivity contribution in [3.63, 3.8) is 0 Å². The van der Waals surface area contributed by atoms with Gasteiger partial charge in [-0.15, -0.1) is 0 Å². The predicted molar refractivity (Wildman–Crippen MR) is 96.3 cm³/mol. The fourth-order valence-electron chi connectivity index (χ4n) is 3.45. The van der Waals surface area contributed by atoms with Crippen molar-refractivity contribution < 1.29 is 14.6 Å². The molecule has 2 amide bonds. The molecule has 1 heterocycles. The number of piperidine rings is 1. The molecule has 1 aliphatic heterocycles. The maximum atomic E-state index is 12.6. The highest BCUT2D eigenvalue weighted by Crippen LogP contribution is 2.58. The van der Waals surface area contributed by atoms with Gasteiger partial charge < -0.3 is 10.2 Å². The van der Waals surface area contributed by atoms with Gasteiger partial charge in [0.05, 0.1) is 6.04 Å². The number of rotatable bonds is 4. The summed E-state index contributed by atoms with van der Waals surface area (Å²) >= 11 is 0. The maximum Gasteiger partial charge on any atom is 0.318 e. The van der Waals surface area contributed by atoms with Gasteiger partial charge in [0.25, 0.3) is 0 Å². The number of likely N-dealkylation sites (tertiary alicyclic amines) is 1. The summed E-state index contributed by atoms with van der Waals surface area (Å²) in [6.07, 6.45) is 7.21. The average molecular weight is 350 g/mol. The molecule has 1 saturated carbocycles. The Balaban J connectivity index is 0.00000225. The van der Waals surface area contributed by atoms with Crippen LogP contribution in [-0.4, -0.2) is 38.7 Å². The lowest BCUT2D eigenvalue weighted by molar-refractivity contribution is 0.120. The number of hydrogen-bond acceptors (Lipinski definition) is 3. The lowest BCUT2D eigenvalue weighted by Crippen LogP contribution is -2.46. The summed E-state index contributed by atoms with van der Waals surface area (Å²) in [5.74, 6) is 0. The zero-order valence-electron chi connectivity index (χ0n) is 13.9. The molecular weight excluding hydrogens is 324 g/mol. The molecule has 24 heavy (non-hydrogen) atoms. The van der Waals surface area contributed by atoms with Crippen molar-refractivity contribution in [2.45, 2.75) is 31.7 Å². The zero-order chi connectivity index (χ0) is 17.2. The fraction of sp³-hybridized carbons (Fsp3) is 0.500. The van der Waals surface area contributed by atoms with E-state index in [-0.39, 0.29) is 20.0 Å². The Morgan fingerprint density at radius 3 is 2.67 bits per heavy atom. The van der Waals surface area contributed by atoms with Crippen LogP contribution in [0.2, 0.25) is 0 Å². The maximum absolute atomic E-state index is 12.6. The molecular formula is C18H26N2O3S. The average Bonchev–Trinajstić information content (AvgIpc) is 3.30. The van der Waals surface area contributed by atoms with Crippen molar-refractivity contribution in [3.8, 4) is 0 Å². The number of benzene rings is 1. The molecule has 2 aliphatic rings. The number of amides is 2. The van der Waals surface area contributed by atoms with Gasteiger partial charge in [-0.2, -0.15) is 0 Å². The van der Waals surface area contributed by atoms with Crippen LogP contribution < -0.4 is 5.32 Å². The van der Waals surface area contributed by atoms with Crippen LogP contribution in [0.1, 0.15) is 38.7 Å². The summed E-state index contributed by atoms with van der Waals surface area (Å²) in [4.78, 5) is 14.5. The number of nitrogens with zero attached hydrogens (tertiary/aromatic N) is 1. The molecule has 1 aromatic rings. The zero-order valence-corrected chi connectivity index (χ0v) is 14.8. The van der Waals surface area contributed by atoms with Crippen LogP contribution in [-0.2, 0) is 9.84 Å². The predicted octanol–water partition coefficient (Wildman–Crippen LogP) is 3.12. The lowest BCUT2D eigenvalue weighted by Gasteiger charge is -2.40. The Kier molecular flexibility index (Phi) is 4.67. The molecule has 6 heteroatoms. The summed E-state index contributed by atoms with van der Waals surface area (Å²) in [5, 5.41) is 3.93. The molecule has 1 N–H and O–H groups in total. The number of carbonyl (C=O) groups excluding carboxylic acids is 1. The number of hydrogen-bond donors (Lipinski definition) is 1. The van der Waals surface area contributed by atoms with Gasteiger partial charge in [-0.05, 0) is 36.7 Å². The smallest absolute Gasteiger partial charge is 0.318 e. The van der Waals surface area contributed by atoms with Crippen molar-refractivity contribution in [2.24, 2.45) is 5.41 Å². The van der Waals surface area contributed by atoms with E-state index in [9.17, 15) is 13.2 Å². The van der Waals surface area contributed by atoms with E-state index in [2.05, 4.69) is 17.4 Å². The Labute approximate surface area is 145 Å². The number of sulfone groups is 1. The minimum absolute atomic E-state index is 0. The summed E-state index contributed by atoms with van der Waals surface area (Å²) in [5.41, 5.74) is 1.61. The summed E-state index contributed by atoms with van der Waals surface area (Å²) in [6, 6.07) is 10.1. The van der Waals surface area contributed by atoms with Crippen LogP contribution in [0.25, 0.3) is 0 Å². The van der Waals surface area contributed by atoms with E-state index in [4.69, 9.17) is 0 Å². The molecule has 132 valence electrons. The third-order valence-electron chi connectivity index (χ3n) is 5.00. The SMILES string of the molecule is CS(=O)(=O)/C=C/CNC(=O)N1CCC2(CC2)C[C@H]1c1ccccc1.[HH]. The topological polar surface area (TPSA) is 66.5 Å². The minimum atomic E-state index is -3.15. The molecule has 1 aliphatic carbocycles. The van der Waals surface area contributed by atoms with Crippen LogP contribution in [0.15, 0.2) is 41.8 Å². The molecule has 1 aromatic carbocycles. The third-order valence-corrected chi connectivity index (χ3v) is 5.69. The van der Waals surface area contributed by atoms with Gasteiger partial charge in [0, 0.05) is 26.2 Å². The molecule has 0 unspecified atom stereocenters. The minimum Gasteiger partial charge on any atom is -0.334 e. The second kappa shape index (κ2) is 6.59. The van der Waals surface area contributed by atoms with E-state index in [1.165, 1.54) is 24.5 Å². The van der Waals surface area contributed by atoms with Crippen molar-refractivity contribution >= 4 is 15.9 Å². The Morgan fingerprint density at radius 2 is 2.04 bits per heavy atom. The molecule has 1 spiro atoms. The van der Waals surface area contributed by atoms with Crippen molar-refractivity contribution in [3.05, 3.63) is 47.4 Å². The van der Waals surface area contributed by atoms with Gasteiger partial charge in [0.2, 0.25) is 0 Å². The standard InChI is InChI=1S/C18H24N2O3S.H2/c1-24(22,23)13-5-11-19-17(21)20-12-10-18(8-9-18)14-16(20)15-6-3-2-4-7-15;/h2-7,13,16H,8-12,14H2,1H3,(H,19,21);1H/b13-5+;/t16-;/m0./s1. The lowest BCUT2D eigenvalue weighted by atomic mass is 9.85. The fourth-order valence-corrected chi connectivity index (χ4v) is 3.90. The van der Waals surface area contributed by atoms with Crippen molar-refractivity contribution in [1.82, 2.24) is 10.2 Å². The molecule has 5 nitrogen and oxygen atoms in total. The second-order valence-electron chi connectivity index (χ2n) is 6.96. The molecule has 1 saturated heterocycles. The Morgan fingerprint density at radius 1 is 1.33 bits per heavy atom. The van der Waals surface area contributed by atoms with Crippen molar-refractivity contribution in [2.75, 3.05) is 19.3 Å². The van der Waals surface area contributed by atoms with Crippen LogP contribution in [0.5, 0.6) is 0 Å². The Hall–Kier alpha value is -1.82. The van der Waals surface area contributed by atoms with Gasteiger partial charge in [-0.3, -0.25) is 0 Å². The van der Waals surface area contributed by atoms with Crippen LogP contribution in [0.3, 0.4) is 0 Å². The second-order valence-corrected chi connectivity index (χ2v) is 8.89. The highest BCUT2D eigenvalue weighted by atomic mass is 32.2. The summed E-state index contributed by atoms with van der Waals surface area (Å²) in [6.45, 7) is 0.968. The van der Waals surface area contributed by atoms with E-state index in [1.54, 1.807) is 0 Å². The monoisotopic (exact) mass is 350 g/mol. The molecule has 0 radical (unpaired) electrons. The van der Waals surface area contributed by atoms with Crippen molar-refractivity contribution in [1.29, 1.82) is 0 Å². The van der Waals surface area contributed by atoms with E-state index < -0.39 is 9.84 Å². The van der Waals surface area contributed by atoms with Crippen LogP contribution >= 0.6 is 0 Å².